The van der Waals surface area contributed by atoms with Crippen LogP contribution in [-0.4, -0.2) is 19.0 Å². The first-order valence-electron chi connectivity index (χ1n) is 5.71. The van der Waals surface area contributed by atoms with E-state index in [4.69, 9.17) is 4.74 Å². The molecule has 1 amide bonds. The first kappa shape index (κ1) is 13.2. The Bertz CT molecular complexity index is 377. The number of aldehydes is 1. The van der Waals surface area contributed by atoms with Crippen LogP contribution < -0.4 is 5.32 Å². The molecular weight excluding hydrogens is 218 g/mol. The highest BCUT2D eigenvalue weighted by Gasteiger charge is 2.04. The van der Waals surface area contributed by atoms with Crippen molar-refractivity contribution in [3.8, 4) is 0 Å². The highest BCUT2D eigenvalue weighted by molar-refractivity contribution is 5.77. The van der Waals surface area contributed by atoms with Crippen molar-refractivity contribution in [3.63, 3.8) is 0 Å². The van der Waals surface area contributed by atoms with E-state index in [1.54, 1.807) is 18.2 Å². The van der Waals surface area contributed by atoms with Crippen molar-refractivity contribution < 1.29 is 14.3 Å². The Hall–Kier alpha value is -1.84. The van der Waals surface area contributed by atoms with Gasteiger partial charge in [0.2, 0.25) is 0 Å². The summed E-state index contributed by atoms with van der Waals surface area (Å²) in [6, 6.07) is 7.13. The first-order chi connectivity index (χ1) is 8.27. The van der Waals surface area contributed by atoms with Gasteiger partial charge in [-0.3, -0.25) is 4.79 Å². The number of rotatable bonds is 6. The van der Waals surface area contributed by atoms with E-state index in [9.17, 15) is 9.59 Å². The predicted molar refractivity (Wildman–Crippen MR) is 64.9 cm³/mol. The lowest BCUT2D eigenvalue weighted by atomic mass is 10.1. The Kier molecular flexibility index (Phi) is 5.79. The third-order valence-electron chi connectivity index (χ3n) is 2.34. The molecule has 4 nitrogen and oxygen atoms in total. The Balaban J connectivity index is 2.39. The van der Waals surface area contributed by atoms with E-state index >= 15 is 0 Å². The van der Waals surface area contributed by atoms with Crippen molar-refractivity contribution in [1.29, 1.82) is 0 Å². The van der Waals surface area contributed by atoms with Gasteiger partial charge in [0, 0.05) is 12.1 Å². The standard InChI is InChI=1S/C13H17NO3/c1-2-3-8-17-13(16)14-9-11-6-4-5-7-12(11)10-15/h4-7,10H,2-3,8-9H2,1H3,(H,14,16). The zero-order chi connectivity index (χ0) is 12.5. The highest BCUT2D eigenvalue weighted by atomic mass is 16.5. The largest absolute Gasteiger partial charge is 0.450 e. The average Bonchev–Trinajstić information content (AvgIpc) is 2.37. The summed E-state index contributed by atoms with van der Waals surface area (Å²) in [7, 11) is 0. The lowest BCUT2D eigenvalue weighted by Crippen LogP contribution is -2.24. The summed E-state index contributed by atoms with van der Waals surface area (Å²) in [5.41, 5.74) is 1.37. The number of nitrogens with one attached hydrogen (secondary N) is 1. The van der Waals surface area contributed by atoms with Crippen LogP contribution in [0.25, 0.3) is 0 Å². The molecule has 0 bridgehead atoms. The molecule has 0 spiro atoms. The van der Waals surface area contributed by atoms with Gasteiger partial charge in [0.25, 0.3) is 0 Å². The second-order valence-electron chi connectivity index (χ2n) is 3.66. The predicted octanol–water partition coefficient (Wildman–Crippen LogP) is 2.53. The van der Waals surface area contributed by atoms with E-state index in [0.717, 1.165) is 24.7 Å². The summed E-state index contributed by atoms with van der Waals surface area (Å²) in [6.45, 7) is 2.76. The average molecular weight is 235 g/mol. The molecule has 0 saturated heterocycles. The van der Waals surface area contributed by atoms with Crippen LogP contribution in [0.1, 0.15) is 35.7 Å². The second kappa shape index (κ2) is 7.44. The maximum absolute atomic E-state index is 11.3. The molecule has 1 rings (SSSR count). The number of carbonyl (C=O) groups excluding carboxylic acids is 2. The van der Waals surface area contributed by atoms with Crippen molar-refractivity contribution in [1.82, 2.24) is 5.32 Å². The molecule has 0 heterocycles. The summed E-state index contributed by atoms with van der Waals surface area (Å²) >= 11 is 0. The van der Waals surface area contributed by atoms with Crippen molar-refractivity contribution in [3.05, 3.63) is 35.4 Å². The van der Waals surface area contributed by atoms with Crippen LogP contribution in [-0.2, 0) is 11.3 Å². The molecule has 0 atom stereocenters. The number of carbonyl (C=O) groups is 2. The van der Waals surface area contributed by atoms with Gasteiger partial charge in [-0.15, -0.1) is 0 Å². The molecule has 0 aliphatic rings. The topological polar surface area (TPSA) is 55.4 Å². The Morgan fingerprint density at radius 1 is 1.41 bits per heavy atom. The van der Waals surface area contributed by atoms with Gasteiger partial charge in [-0.2, -0.15) is 0 Å². The van der Waals surface area contributed by atoms with E-state index < -0.39 is 6.09 Å². The molecule has 0 radical (unpaired) electrons. The van der Waals surface area contributed by atoms with Gasteiger partial charge >= 0.3 is 6.09 Å². The zero-order valence-electron chi connectivity index (χ0n) is 9.94. The molecule has 0 saturated carbocycles. The van der Waals surface area contributed by atoms with Crippen LogP contribution in [0.5, 0.6) is 0 Å². The van der Waals surface area contributed by atoms with Crippen LogP contribution in [0.3, 0.4) is 0 Å². The third-order valence-corrected chi connectivity index (χ3v) is 2.34. The SMILES string of the molecule is CCCCOC(=O)NCc1ccccc1C=O. The van der Waals surface area contributed by atoms with E-state index in [-0.39, 0.29) is 0 Å². The lowest BCUT2D eigenvalue weighted by Gasteiger charge is -2.07. The fourth-order valence-electron chi connectivity index (χ4n) is 1.34. The summed E-state index contributed by atoms with van der Waals surface area (Å²) in [4.78, 5) is 22.0. The van der Waals surface area contributed by atoms with Gasteiger partial charge in [-0.1, -0.05) is 37.6 Å². The summed E-state index contributed by atoms with van der Waals surface area (Å²) in [5.74, 6) is 0. The van der Waals surface area contributed by atoms with E-state index in [1.165, 1.54) is 0 Å². The quantitative estimate of drug-likeness (QED) is 0.609. The molecule has 0 aromatic heterocycles. The number of unbranched alkanes of at least 4 members (excludes halogenated alkanes) is 1. The Labute approximate surface area is 101 Å². The second-order valence-corrected chi connectivity index (χ2v) is 3.66. The van der Waals surface area contributed by atoms with E-state index in [1.807, 2.05) is 13.0 Å². The van der Waals surface area contributed by atoms with Crippen molar-refractivity contribution >= 4 is 12.4 Å². The monoisotopic (exact) mass is 235 g/mol. The van der Waals surface area contributed by atoms with Crippen LogP contribution in [0, 0.1) is 0 Å². The van der Waals surface area contributed by atoms with Gasteiger partial charge < -0.3 is 10.1 Å². The van der Waals surface area contributed by atoms with Crippen molar-refractivity contribution in [2.24, 2.45) is 0 Å². The van der Waals surface area contributed by atoms with Gasteiger partial charge in [-0.05, 0) is 12.0 Å². The maximum atomic E-state index is 11.3. The molecular formula is C13H17NO3. The fraction of sp³-hybridized carbons (Fsp3) is 0.385. The van der Waals surface area contributed by atoms with E-state index in [2.05, 4.69) is 5.32 Å². The highest BCUT2D eigenvalue weighted by Crippen LogP contribution is 2.05. The third kappa shape index (κ3) is 4.68. The smallest absolute Gasteiger partial charge is 0.407 e. The molecule has 1 aromatic carbocycles. The van der Waals surface area contributed by atoms with Crippen LogP contribution in [0.15, 0.2) is 24.3 Å². The number of alkyl carbamates (subject to hydrolysis) is 1. The van der Waals surface area contributed by atoms with Crippen LogP contribution in [0.4, 0.5) is 4.79 Å². The molecule has 4 heteroatoms. The van der Waals surface area contributed by atoms with Gasteiger partial charge in [0.15, 0.2) is 0 Å². The first-order valence-corrected chi connectivity index (χ1v) is 5.71. The maximum Gasteiger partial charge on any atom is 0.407 e. The number of hydrogen-bond donors (Lipinski definition) is 1. The summed E-state index contributed by atoms with van der Waals surface area (Å²) in [6.07, 6.45) is 2.18. The van der Waals surface area contributed by atoms with Crippen LogP contribution >= 0.6 is 0 Å². The fourth-order valence-corrected chi connectivity index (χ4v) is 1.34. The number of hydrogen-bond acceptors (Lipinski definition) is 3. The minimum atomic E-state index is -0.445. The number of amides is 1. The molecule has 17 heavy (non-hydrogen) atoms. The van der Waals surface area contributed by atoms with Gasteiger partial charge in [0.05, 0.1) is 6.61 Å². The molecule has 1 aromatic rings. The zero-order valence-corrected chi connectivity index (χ0v) is 9.94. The molecule has 0 aliphatic heterocycles. The molecule has 0 fully saturated rings. The van der Waals surface area contributed by atoms with Crippen LogP contribution in [0.2, 0.25) is 0 Å². The molecule has 0 unspecified atom stereocenters. The molecule has 1 N–H and O–H groups in total. The normalized spacial score (nSPS) is 9.71. The minimum Gasteiger partial charge on any atom is -0.450 e. The molecule has 0 aliphatic carbocycles. The summed E-state index contributed by atoms with van der Waals surface area (Å²) < 4.78 is 4.94. The Morgan fingerprint density at radius 2 is 2.18 bits per heavy atom. The van der Waals surface area contributed by atoms with Gasteiger partial charge in [-0.25, -0.2) is 4.79 Å². The summed E-state index contributed by atoms with van der Waals surface area (Å²) in [5, 5.41) is 2.61. The number of ether oxygens (including phenoxy) is 1. The minimum absolute atomic E-state index is 0.305. The molecule has 92 valence electrons. The van der Waals surface area contributed by atoms with Crippen molar-refractivity contribution in [2.45, 2.75) is 26.3 Å². The van der Waals surface area contributed by atoms with Crippen molar-refractivity contribution in [2.75, 3.05) is 6.61 Å². The lowest BCUT2D eigenvalue weighted by molar-refractivity contribution is 0.112. The number of benzene rings is 1. The van der Waals surface area contributed by atoms with Gasteiger partial charge in [0.1, 0.15) is 6.29 Å². The van der Waals surface area contributed by atoms with E-state index in [0.29, 0.717) is 18.7 Å². The Morgan fingerprint density at radius 3 is 2.88 bits per heavy atom.